The highest BCUT2D eigenvalue weighted by molar-refractivity contribution is 5.79. The van der Waals surface area contributed by atoms with Gasteiger partial charge in [-0.1, -0.05) is 0 Å². The van der Waals surface area contributed by atoms with Crippen LogP contribution in [0.4, 0.5) is 5.82 Å². The monoisotopic (exact) mass is 318 g/mol. The Bertz CT molecular complexity index is 550. The minimum Gasteiger partial charge on any atom is -0.481 e. The molecular weight excluding hydrogens is 296 g/mol. The standard InChI is InChI=1S/C16H22N4O3/c21-15(12-1-3-13(4-2-12)16(22)23)20-9-7-19(8-10-20)14-11-17-5-6-18-14/h5-6,11-13H,1-4,7-10H2,(H,22,23). The van der Waals surface area contributed by atoms with Crippen molar-refractivity contribution in [3.8, 4) is 0 Å². The summed E-state index contributed by atoms with van der Waals surface area (Å²) in [6.07, 6.45) is 7.69. The van der Waals surface area contributed by atoms with E-state index in [4.69, 9.17) is 5.11 Å². The summed E-state index contributed by atoms with van der Waals surface area (Å²) in [4.78, 5) is 36.0. The summed E-state index contributed by atoms with van der Waals surface area (Å²) < 4.78 is 0. The molecule has 1 aromatic heterocycles. The first-order valence-corrected chi connectivity index (χ1v) is 8.17. The van der Waals surface area contributed by atoms with Gasteiger partial charge in [0.2, 0.25) is 5.91 Å². The number of hydrogen-bond acceptors (Lipinski definition) is 5. The van der Waals surface area contributed by atoms with Gasteiger partial charge in [0.05, 0.1) is 12.1 Å². The maximum absolute atomic E-state index is 12.6. The molecule has 1 saturated heterocycles. The van der Waals surface area contributed by atoms with Crippen LogP contribution in [-0.4, -0.2) is 58.0 Å². The lowest BCUT2D eigenvalue weighted by Crippen LogP contribution is -2.51. The minimum atomic E-state index is -0.728. The van der Waals surface area contributed by atoms with Crippen LogP contribution in [0.15, 0.2) is 18.6 Å². The van der Waals surface area contributed by atoms with Gasteiger partial charge >= 0.3 is 5.97 Å². The maximum Gasteiger partial charge on any atom is 0.306 e. The lowest BCUT2D eigenvalue weighted by molar-refractivity contribution is -0.145. The van der Waals surface area contributed by atoms with E-state index in [0.29, 0.717) is 38.8 Å². The molecule has 7 nitrogen and oxygen atoms in total. The second kappa shape index (κ2) is 6.93. The largest absolute Gasteiger partial charge is 0.481 e. The van der Waals surface area contributed by atoms with E-state index < -0.39 is 5.97 Å². The molecule has 2 aliphatic rings. The Hall–Kier alpha value is -2.18. The van der Waals surface area contributed by atoms with E-state index in [1.807, 2.05) is 4.90 Å². The van der Waals surface area contributed by atoms with Gasteiger partial charge in [-0.3, -0.25) is 14.6 Å². The van der Waals surface area contributed by atoms with Crippen LogP contribution < -0.4 is 4.90 Å². The van der Waals surface area contributed by atoms with Crippen molar-refractivity contribution in [2.45, 2.75) is 25.7 Å². The van der Waals surface area contributed by atoms with Crippen molar-refractivity contribution in [2.24, 2.45) is 11.8 Å². The fourth-order valence-electron chi connectivity index (χ4n) is 3.46. The lowest BCUT2D eigenvalue weighted by atomic mass is 9.81. The number of piperazine rings is 1. The van der Waals surface area contributed by atoms with Crippen molar-refractivity contribution in [1.82, 2.24) is 14.9 Å². The molecule has 1 saturated carbocycles. The number of amides is 1. The molecule has 0 radical (unpaired) electrons. The van der Waals surface area contributed by atoms with Gasteiger partial charge in [-0.15, -0.1) is 0 Å². The topological polar surface area (TPSA) is 86.6 Å². The average molecular weight is 318 g/mol. The van der Waals surface area contributed by atoms with Crippen LogP contribution in [-0.2, 0) is 9.59 Å². The predicted molar refractivity (Wildman–Crippen MR) is 83.9 cm³/mol. The molecule has 23 heavy (non-hydrogen) atoms. The van der Waals surface area contributed by atoms with E-state index in [0.717, 1.165) is 18.9 Å². The molecule has 3 rings (SSSR count). The first-order valence-electron chi connectivity index (χ1n) is 8.17. The highest BCUT2D eigenvalue weighted by Crippen LogP contribution is 2.30. The second-order valence-corrected chi connectivity index (χ2v) is 6.26. The zero-order valence-electron chi connectivity index (χ0n) is 13.1. The van der Waals surface area contributed by atoms with Crippen LogP contribution in [0.1, 0.15) is 25.7 Å². The molecular formula is C16H22N4O3. The lowest BCUT2D eigenvalue weighted by Gasteiger charge is -2.37. The van der Waals surface area contributed by atoms with Gasteiger partial charge < -0.3 is 14.9 Å². The second-order valence-electron chi connectivity index (χ2n) is 6.26. The Kier molecular flexibility index (Phi) is 4.73. The summed E-state index contributed by atoms with van der Waals surface area (Å²) in [5.41, 5.74) is 0. The Morgan fingerprint density at radius 1 is 1.00 bits per heavy atom. The van der Waals surface area contributed by atoms with Crippen molar-refractivity contribution < 1.29 is 14.7 Å². The van der Waals surface area contributed by atoms with Gasteiger partial charge in [0, 0.05) is 44.5 Å². The first kappa shape index (κ1) is 15.7. The Morgan fingerprint density at radius 3 is 2.22 bits per heavy atom. The molecule has 7 heteroatoms. The van der Waals surface area contributed by atoms with E-state index in [1.54, 1.807) is 18.6 Å². The molecule has 1 aliphatic carbocycles. The third kappa shape index (κ3) is 3.60. The number of rotatable bonds is 3. The molecule has 0 aromatic carbocycles. The quantitative estimate of drug-likeness (QED) is 0.895. The molecule has 2 heterocycles. The number of aliphatic carboxylic acids is 1. The smallest absolute Gasteiger partial charge is 0.306 e. The zero-order chi connectivity index (χ0) is 16.2. The summed E-state index contributed by atoms with van der Waals surface area (Å²) in [5.74, 6) is 0.0314. The third-order valence-electron chi connectivity index (χ3n) is 4.89. The van der Waals surface area contributed by atoms with E-state index in [9.17, 15) is 9.59 Å². The van der Waals surface area contributed by atoms with E-state index in [1.165, 1.54) is 0 Å². The highest BCUT2D eigenvalue weighted by Gasteiger charge is 2.33. The normalized spacial score (nSPS) is 25.2. The van der Waals surface area contributed by atoms with E-state index >= 15 is 0 Å². The minimum absolute atomic E-state index is 0.00586. The van der Waals surface area contributed by atoms with E-state index in [-0.39, 0.29) is 17.7 Å². The molecule has 1 aromatic rings. The van der Waals surface area contributed by atoms with E-state index in [2.05, 4.69) is 14.9 Å². The number of carbonyl (C=O) groups excluding carboxylic acids is 1. The van der Waals surface area contributed by atoms with Gasteiger partial charge in [-0.05, 0) is 25.7 Å². The van der Waals surface area contributed by atoms with Crippen LogP contribution >= 0.6 is 0 Å². The molecule has 0 spiro atoms. The van der Waals surface area contributed by atoms with Crippen LogP contribution in [0.25, 0.3) is 0 Å². The highest BCUT2D eigenvalue weighted by atomic mass is 16.4. The van der Waals surface area contributed by atoms with Gasteiger partial charge in [0.15, 0.2) is 0 Å². The number of nitrogens with zero attached hydrogens (tertiary/aromatic N) is 4. The van der Waals surface area contributed by atoms with Crippen molar-refractivity contribution in [1.29, 1.82) is 0 Å². The van der Waals surface area contributed by atoms with Crippen LogP contribution in [0.2, 0.25) is 0 Å². The van der Waals surface area contributed by atoms with Crippen molar-refractivity contribution in [2.75, 3.05) is 31.1 Å². The third-order valence-corrected chi connectivity index (χ3v) is 4.89. The Morgan fingerprint density at radius 2 is 1.65 bits per heavy atom. The molecule has 124 valence electrons. The number of hydrogen-bond donors (Lipinski definition) is 1. The Labute approximate surface area is 135 Å². The summed E-state index contributed by atoms with van der Waals surface area (Å²) in [5, 5.41) is 9.04. The number of anilines is 1. The fraction of sp³-hybridized carbons (Fsp3) is 0.625. The molecule has 1 N–H and O–H groups in total. The van der Waals surface area contributed by atoms with Crippen molar-refractivity contribution >= 4 is 17.7 Å². The van der Waals surface area contributed by atoms with Crippen molar-refractivity contribution in [3.63, 3.8) is 0 Å². The SMILES string of the molecule is O=C(O)C1CCC(C(=O)N2CCN(c3cnccn3)CC2)CC1. The maximum atomic E-state index is 12.6. The molecule has 2 fully saturated rings. The summed E-state index contributed by atoms with van der Waals surface area (Å²) in [7, 11) is 0. The average Bonchev–Trinajstić information content (AvgIpc) is 2.62. The number of aromatic nitrogens is 2. The fourth-order valence-corrected chi connectivity index (χ4v) is 3.46. The molecule has 1 aliphatic heterocycles. The van der Waals surface area contributed by atoms with Gasteiger partial charge in [-0.2, -0.15) is 0 Å². The van der Waals surface area contributed by atoms with Gasteiger partial charge in [0.25, 0.3) is 0 Å². The van der Waals surface area contributed by atoms with Crippen LogP contribution in [0.5, 0.6) is 0 Å². The molecule has 0 bridgehead atoms. The summed E-state index contributed by atoms with van der Waals surface area (Å²) in [6.45, 7) is 2.90. The number of carboxylic acid groups (broad SMARTS) is 1. The number of carboxylic acids is 1. The molecule has 0 atom stereocenters. The van der Waals surface area contributed by atoms with Crippen molar-refractivity contribution in [3.05, 3.63) is 18.6 Å². The summed E-state index contributed by atoms with van der Waals surface area (Å²) >= 11 is 0. The number of carbonyl (C=O) groups is 2. The summed E-state index contributed by atoms with van der Waals surface area (Å²) in [6, 6.07) is 0. The van der Waals surface area contributed by atoms with Gasteiger partial charge in [-0.25, -0.2) is 4.98 Å². The van der Waals surface area contributed by atoms with Crippen LogP contribution in [0.3, 0.4) is 0 Å². The first-order chi connectivity index (χ1) is 11.1. The Balaban J connectivity index is 1.50. The zero-order valence-corrected chi connectivity index (χ0v) is 13.1. The van der Waals surface area contributed by atoms with Crippen LogP contribution in [0, 0.1) is 11.8 Å². The molecule has 1 amide bonds. The van der Waals surface area contributed by atoms with Gasteiger partial charge in [0.1, 0.15) is 5.82 Å². The predicted octanol–water partition coefficient (Wildman–Crippen LogP) is 1.02. The molecule has 0 unspecified atom stereocenters.